The van der Waals surface area contributed by atoms with Crippen LogP contribution in [0.15, 0.2) is 18.7 Å². The largest absolute Gasteiger partial charge is 0.297 e. The highest BCUT2D eigenvalue weighted by atomic mass is 32.1. The number of hydrogen-bond donors (Lipinski definition) is 0. The second kappa shape index (κ2) is 1.57. The molecule has 0 aromatic carbocycles. The van der Waals surface area contributed by atoms with E-state index in [4.69, 9.17) is 0 Å². The fourth-order valence-electron chi connectivity index (χ4n) is 0.856. The van der Waals surface area contributed by atoms with E-state index >= 15 is 0 Å². The van der Waals surface area contributed by atoms with Crippen LogP contribution in [0.1, 0.15) is 4.88 Å². The number of hydrogen-bond acceptors (Lipinski definition) is 2. The first kappa shape index (κ1) is 4.99. The second-order valence-corrected chi connectivity index (χ2v) is 3.25. The van der Waals surface area contributed by atoms with Crippen LogP contribution in [0.2, 0.25) is 0 Å². The van der Waals surface area contributed by atoms with Gasteiger partial charge in [-0.2, -0.15) is 0 Å². The van der Waals surface area contributed by atoms with Gasteiger partial charge in [-0.05, 0) is 6.92 Å². The van der Waals surface area contributed by atoms with Crippen LogP contribution in [0.25, 0.3) is 4.83 Å². The molecule has 0 bridgehead atoms. The molecule has 0 aliphatic rings. The van der Waals surface area contributed by atoms with Gasteiger partial charge in [0.1, 0.15) is 4.83 Å². The summed E-state index contributed by atoms with van der Waals surface area (Å²) >= 11 is 1.76. The van der Waals surface area contributed by atoms with Crippen molar-refractivity contribution < 1.29 is 0 Å². The molecule has 0 saturated heterocycles. The number of aromatic nitrogens is 2. The first-order valence-electron chi connectivity index (χ1n) is 2.74. The summed E-state index contributed by atoms with van der Waals surface area (Å²) in [6.07, 6.45) is 5.77. The third kappa shape index (κ3) is 0.650. The lowest BCUT2D eigenvalue weighted by Gasteiger charge is -1.72. The van der Waals surface area contributed by atoms with Crippen LogP contribution in [0.5, 0.6) is 0 Å². The molecule has 0 spiro atoms. The molecule has 0 amide bonds. The molecule has 2 nitrogen and oxygen atoms in total. The molecule has 0 aliphatic carbocycles. The van der Waals surface area contributed by atoms with Crippen molar-refractivity contribution in [2.75, 3.05) is 0 Å². The summed E-state index contributed by atoms with van der Waals surface area (Å²) in [5, 5.41) is 0. The summed E-state index contributed by atoms with van der Waals surface area (Å²) in [5.74, 6) is 0. The molecule has 0 aliphatic heterocycles. The van der Waals surface area contributed by atoms with E-state index in [0.717, 1.165) is 0 Å². The highest BCUT2D eigenvalue weighted by Crippen LogP contribution is 2.14. The minimum Gasteiger partial charge on any atom is -0.297 e. The Bertz CT molecular complexity index is 292. The van der Waals surface area contributed by atoms with Gasteiger partial charge in [-0.3, -0.25) is 4.40 Å². The van der Waals surface area contributed by atoms with E-state index in [1.54, 1.807) is 11.3 Å². The maximum absolute atomic E-state index is 3.98. The van der Waals surface area contributed by atoms with Gasteiger partial charge in [0.2, 0.25) is 0 Å². The first-order valence-corrected chi connectivity index (χ1v) is 3.56. The van der Waals surface area contributed by atoms with Crippen LogP contribution < -0.4 is 0 Å². The Kier molecular flexibility index (Phi) is 0.873. The van der Waals surface area contributed by atoms with E-state index < -0.39 is 0 Å². The number of thiazole rings is 1. The van der Waals surface area contributed by atoms with Crippen LogP contribution in [0, 0.1) is 6.92 Å². The van der Waals surface area contributed by atoms with E-state index in [1.807, 2.05) is 16.9 Å². The molecular formula is C6H6N2S. The lowest BCUT2D eigenvalue weighted by atomic mass is 10.6. The van der Waals surface area contributed by atoms with Gasteiger partial charge in [0, 0.05) is 11.1 Å². The molecule has 0 atom stereocenters. The Morgan fingerprint density at radius 2 is 2.56 bits per heavy atom. The zero-order valence-electron chi connectivity index (χ0n) is 5.03. The zero-order chi connectivity index (χ0) is 6.27. The van der Waals surface area contributed by atoms with Gasteiger partial charge in [-0.1, -0.05) is 0 Å². The summed E-state index contributed by atoms with van der Waals surface area (Å²) in [5.41, 5.74) is 0. The molecule has 3 heteroatoms. The van der Waals surface area contributed by atoms with E-state index in [-0.39, 0.29) is 0 Å². The van der Waals surface area contributed by atoms with Crippen LogP contribution in [-0.2, 0) is 0 Å². The molecule has 46 valence electrons. The molecule has 2 heterocycles. The predicted molar refractivity (Wildman–Crippen MR) is 37.8 cm³/mol. The number of imidazole rings is 1. The third-order valence-electron chi connectivity index (χ3n) is 1.22. The second-order valence-electron chi connectivity index (χ2n) is 1.98. The van der Waals surface area contributed by atoms with Gasteiger partial charge >= 0.3 is 0 Å². The van der Waals surface area contributed by atoms with Gasteiger partial charge in [0.25, 0.3) is 0 Å². The molecule has 0 saturated carbocycles. The molecule has 0 N–H and O–H groups in total. The fraction of sp³-hybridized carbons (Fsp3) is 0.167. The van der Waals surface area contributed by atoms with Gasteiger partial charge in [-0.15, -0.1) is 11.3 Å². The molecule has 0 unspecified atom stereocenters. The smallest absolute Gasteiger partial charge is 0.119 e. The van der Waals surface area contributed by atoms with E-state index in [1.165, 1.54) is 9.71 Å². The van der Waals surface area contributed by atoms with Crippen molar-refractivity contribution >= 4 is 16.2 Å². The minimum absolute atomic E-state index is 1.22. The Hall–Kier alpha value is -0.830. The zero-order valence-corrected chi connectivity index (χ0v) is 5.85. The van der Waals surface area contributed by atoms with Crippen LogP contribution >= 0.6 is 11.3 Å². The third-order valence-corrected chi connectivity index (χ3v) is 2.17. The number of fused-ring (bicyclic) bond motifs is 1. The summed E-state index contributed by atoms with van der Waals surface area (Å²) in [4.78, 5) is 6.52. The Labute approximate surface area is 56.8 Å². The highest BCUT2D eigenvalue weighted by molar-refractivity contribution is 7.17. The van der Waals surface area contributed by atoms with Crippen LogP contribution in [-0.4, -0.2) is 9.38 Å². The van der Waals surface area contributed by atoms with Gasteiger partial charge < -0.3 is 0 Å². The molecular weight excluding hydrogens is 132 g/mol. The lowest BCUT2D eigenvalue weighted by Crippen LogP contribution is -1.67. The number of nitrogens with zero attached hydrogens (tertiary/aromatic N) is 2. The normalized spacial score (nSPS) is 10.8. The Balaban J connectivity index is 2.92. The van der Waals surface area contributed by atoms with Gasteiger partial charge in [-0.25, -0.2) is 4.98 Å². The average Bonchev–Trinajstić information content (AvgIpc) is 2.22. The van der Waals surface area contributed by atoms with Crippen molar-refractivity contribution in [1.29, 1.82) is 0 Å². The quantitative estimate of drug-likeness (QED) is 0.541. The topological polar surface area (TPSA) is 17.3 Å². The summed E-state index contributed by atoms with van der Waals surface area (Å²) in [6, 6.07) is 0. The van der Waals surface area contributed by atoms with E-state index in [0.29, 0.717) is 0 Å². The molecule has 9 heavy (non-hydrogen) atoms. The van der Waals surface area contributed by atoms with E-state index in [2.05, 4.69) is 18.1 Å². The van der Waals surface area contributed by atoms with Crippen molar-refractivity contribution in [3.8, 4) is 0 Å². The van der Waals surface area contributed by atoms with Gasteiger partial charge in [0.15, 0.2) is 0 Å². The molecule has 0 fully saturated rings. The summed E-state index contributed by atoms with van der Waals surface area (Å²) < 4.78 is 2.03. The van der Waals surface area contributed by atoms with Crippen molar-refractivity contribution in [3.05, 3.63) is 23.6 Å². The van der Waals surface area contributed by atoms with Crippen molar-refractivity contribution in [1.82, 2.24) is 9.38 Å². The van der Waals surface area contributed by atoms with Crippen LogP contribution in [0.3, 0.4) is 0 Å². The van der Waals surface area contributed by atoms with Gasteiger partial charge in [0.05, 0.1) is 12.5 Å². The minimum atomic E-state index is 1.22. The average molecular weight is 138 g/mol. The van der Waals surface area contributed by atoms with Crippen molar-refractivity contribution in [2.45, 2.75) is 6.92 Å². The SMILES string of the molecule is Cc1cn2cncc2s1. The predicted octanol–water partition coefficient (Wildman–Crippen LogP) is 1.70. The summed E-state index contributed by atoms with van der Waals surface area (Å²) in [6.45, 7) is 2.09. The van der Waals surface area contributed by atoms with Crippen molar-refractivity contribution in [3.63, 3.8) is 0 Å². The number of aryl methyl sites for hydroxylation is 1. The maximum Gasteiger partial charge on any atom is 0.119 e. The Morgan fingerprint density at radius 1 is 1.67 bits per heavy atom. The highest BCUT2D eigenvalue weighted by Gasteiger charge is 1.94. The molecule has 2 aromatic heterocycles. The molecule has 0 radical (unpaired) electrons. The Morgan fingerprint density at radius 3 is 3.33 bits per heavy atom. The first-order chi connectivity index (χ1) is 4.36. The van der Waals surface area contributed by atoms with Crippen molar-refractivity contribution in [2.24, 2.45) is 0 Å². The monoisotopic (exact) mass is 138 g/mol. The standard InChI is InChI=1S/C6H6N2S/c1-5-3-8-4-7-2-6(8)9-5/h2-4H,1H3. The summed E-state index contributed by atoms with van der Waals surface area (Å²) in [7, 11) is 0. The fourth-order valence-corrected chi connectivity index (χ4v) is 1.67. The molecule has 2 aromatic rings. The van der Waals surface area contributed by atoms with Crippen LogP contribution in [0.4, 0.5) is 0 Å². The lowest BCUT2D eigenvalue weighted by molar-refractivity contribution is 1.17. The molecule has 2 rings (SSSR count). The number of rotatable bonds is 0. The maximum atomic E-state index is 3.98. The van der Waals surface area contributed by atoms with E-state index in [9.17, 15) is 0 Å².